The van der Waals surface area contributed by atoms with Crippen molar-refractivity contribution in [3.8, 4) is 0 Å². The van der Waals surface area contributed by atoms with Crippen LogP contribution in [0.5, 0.6) is 0 Å². The first-order chi connectivity index (χ1) is 18.3. The SMILES string of the molecule is O=C(O)c1ccc(C(=O)Nc2ccc(SC(C(=O)Nc3ccccn3)c3ccccc3)cc2)c(C(=O)O)c1. The van der Waals surface area contributed by atoms with E-state index in [0.717, 1.165) is 22.6 Å². The van der Waals surface area contributed by atoms with E-state index in [-0.39, 0.29) is 17.0 Å². The van der Waals surface area contributed by atoms with Crippen LogP contribution in [0, 0.1) is 0 Å². The highest BCUT2D eigenvalue weighted by molar-refractivity contribution is 8.00. The molecule has 1 atom stereocenters. The molecule has 1 aromatic heterocycles. The van der Waals surface area contributed by atoms with Gasteiger partial charge in [-0.1, -0.05) is 36.4 Å². The molecule has 2 amide bonds. The van der Waals surface area contributed by atoms with Gasteiger partial charge in [-0.2, -0.15) is 0 Å². The Hall–Kier alpha value is -4.96. The Morgan fingerprint density at radius 2 is 1.45 bits per heavy atom. The number of aromatic carboxylic acids is 2. The smallest absolute Gasteiger partial charge is 0.336 e. The zero-order chi connectivity index (χ0) is 27.1. The molecule has 1 unspecified atom stereocenters. The van der Waals surface area contributed by atoms with Crippen LogP contribution in [0.2, 0.25) is 0 Å². The number of carboxylic acids is 2. The van der Waals surface area contributed by atoms with Crippen LogP contribution in [0.15, 0.2) is 102 Å². The molecular weight excluding hydrogens is 506 g/mol. The number of anilines is 2. The quantitative estimate of drug-likeness (QED) is 0.217. The lowest BCUT2D eigenvalue weighted by molar-refractivity contribution is -0.115. The van der Waals surface area contributed by atoms with Gasteiger partial charge in [0.05, 0.1) is 16.7 Å². The molecule has 10 heteroatoms. The molecule has 0 aliphatic rings. The van der Waals surface area contributed by atoms with Gasteiger partial charge in [-0.05, 0) is 60.2 Å². The van der Waals surface area contributed by atoms with Crippen molar-refractivity contribution in [3.63, 3.8) is 0 Å². The third-order valence-corrected chi connectivity index (χ3v) is 6.63. The predicted octanol–water partition coefficient (Wildman–Crippen LogP) is 5.20. The molecular formula is C28H21N3O6S. The van der Waals surface area contributed by atoms with Crippen molar-refractivity contribution in [2.45, 2.75) is 10.1 Å². The Kier molecular flexibility index (Phi) is 8.14. The minimum Gasteiger partial charge on any atom is -0.478 e. The summed E-state index contributed by atoms with van der Waals surface area (Å²) < 4.78 is 0. The lowest BCUT2D eigenvalue weighted by Gasteiger charge is -2.17. The maximum Gasteiger partial charge on any atom is 0.336 e. The van der Waals surface area contributed by atoms with E-state index in [1.165, 1.54) is 17.8 Å². The topological polar surface area (TPSA) is 146 Å². The summed E-state index contributed by atoms with van der Waals surface area (Å²) in [6.07, 6.45) is 1.59. The average molecular weight is 528 g/mol. The second-order valence-corrected chi connectivity index (χ2v) is 9.14. The Balaban J connectivity index is 1.50. The van der Waals surface area contributed by atoms with Crippen molar-refractivity contribution in [2.75, 3.05) is 10.6 Å². The molecule has 0 aliphatic carbocycles. The summed E-state index contributed by atoms with van der Waals surface area (Å²) in [5, 5.41) is 23.4. The van der Waals surface area contributed by atoms with Crippen molar-refractivity contribution in [2.24, 2.45) is 0 Å². The average Bonchev–Trinajstić information content (AvgIpc) is 2.93. The summed E-state index contributed by atoms with van der Waals surface area (Å²) >= 11 is 1.32. The standard InChI is InChI=1S/C28H21N3O6S/c32-25(21-14-9-18(27(34)35)16-22(21)28(36)37)30-19-10-12-20(13-11-19)38-24(17-6-2-1-3-7-17)26(33)31-23-8-4-5-15-29-23/h1-16,24H,(H,30,32)(H,34,35)(H,36,37)(H,29,31,33). The van der Waals surface area contributed by atoms with Crippen molar-refractivity contribution < 1.29 is 29.4 Å². The molecule has 4 rings (SSSR count). The maximum absolute atomic E-state index is 13.1. The van der Waals surface area contributed by atoms with E-state index < -0.39 is 28.7 Å². The number of hydrogen-bond acceptors (Lipinski definition) is 6. The number of nitrogens with zero attached hydrogens (tertiary/aromatic N) is 1. The Morgan fingerprint density at radius 3 is 2.08 bits per heavy atom. The molecule has 0 radical (unpaired) electrons. The zero-order valence-corrected chi connectivity index (χ0v) is 20.5. The third kappa shape index (κ3) is 6.42. The van der Waals surface area contributed by atoms with E-state index in [1.54, 1.807) is 48.7 Å². The molecule has 190 valence electrons. The number of carbonyl (C=O) groups excluding carboxylic acids is 2. The van der Waals surface area contributed by atoms with E-state index in [2.05, 4.69) is 15.6 Å². The summed E-state index contributed by atoms with van der Waals surface area (Å²) in [6.45, 7) is 0. The lowest BCUT2D eigenvalue weighted by atomic mass is 10.0. The highest BCUT2D eigenvalue weighted by Gasteiger charge is 2.23. The molecule has 1 heterocycles. The molecule has 0 saturated heterocycles. The van der Waals surface area contributed by atoms with Gasteiger partial charge in [0.25, 0.3) is 5.91 Å². The normalized spacial score (nSPS) is 11.3. The highest BCUT2D eigenvalue weighted by atomic mass is 32.2. The molecule has 0 fully saturated rings. The second-order valence-electron chi connectivity index (χ2n) is 7.96. The molecule has 0 bridgehead atoms. The van der Waals surface area contributed by atoms with Gasteiger partial charge in [0.2, 0.25) is 5.91 Å². The number of carboxylic acid groups (broad SMARTS) is 2. The van der Waals surface area contributed by atoms with E-state index in [1.807, 2.05) is 30.3 Å². The molecule has 38 heavy (non-hydrogen) atoms. The van der Waals surface area contributed by atoms with E-state index in [9.17, 15) is 24.3 Å². The highest BCUT2D eigenvalue weighted by Crippen LogP contribution is 2.36. The molecule has 0 aliphatic heterocycles. The second kappa shape index (κ2) is 11.8. The number of rotatable bonds is 9. The van der Waals surface area contributed by atoms with Crippen LogP contribution in [0.4, 0.5) is 11.5 Å². The molecule has 3 aromatic carbocycles. The summed E-state index contributed by atoms with van der Waals surface area (Å²) in [6, 6.07) is 24.5. The summed E-state index contributed by atoms with van der Waals surface area (Å²) in [7, 11) is 0. The number of aromatic nitrogens is 1. The van der Waals surface area contributed by atoms with Gasteiger partial charge >= 0.3 is 11.9 Å². The molecule has 4 aromatic rings. The van der Waals surface area contributed by atoms with Crippen LogP contribution >= 0.6 is 11.8 Å². The number of carbonyl (C=O) groups is 4. The first kappa shape index (κ1) is 26.1. The van der Waals surface area contributed by atoms with Crippen LogP contribution in [-0.2, 0) is 4.79 Å². The van der Waals surface area contributed by atoms with Crippen LogP contribution < -0.4 is 10.6 Å². The third-order valence-electron chi connectivity index (χ3n) is 5.36. The number of benzene rings is 3. The summed E-state index contributed by atoms with van der Waals surface area (Å²) in [4.78, 5) is 53.5. The van der Waals surface area contributed by atoms with Crippen LogP contribution in [0.1, 0.15) is 41.9 Å². The van der Waals surface area contributed by atoms with Gasteiger partial charge in [-0.25, -0.2) is 14.6 Å². The van der Waals surface area contributed by atoms with Crippen LogP contribution in [0.25, 0.3) is 0 Å². The Labute approximate surface area is 221 Å². The van der Waals surface area contributed by atoms with Gasteiger partial charge in [0.15, 0.2) is 0 Å². The van der Waals surface area contributed by atoms with Gasteiger partial charge < -0.3 is 20.8 Å². The number of pyridine rings is 1. The number of nitrogens with one attached hydrogen (secondary N) is 2. The summed E-state index contributed by atoms with van der Waals surface area (Å²) in [5.74, 6) is -3.22. The number of amides is 2. The number of hydrogen-bond donors (Lipinski definition) is 4. The minimum atomic E-state index is -1.42. The molecule has 0 spiro atoms. The molecule has 4 N–H and O–H groups in total. The fraction of sp³-hybridized carbons (Fsp3) is 0.0357. The largest absolute Gasteiger partial charge is 0.478 e. The van der Waals surface area contributed by atoms with Gasteiger partial charge in [-0.3, -0.25) is 9.59 Å². The van der Waals surface area contributed by atoms with Crippen molar-refractivity contribution >= 4 is 47.0 Å². The fourth-order valence-electron chi connectivity index (χ4n) is 3.53. The zero-order valence-electron chi connectivity index (χ0n) is 19.7. The van der Waals surface area contributed by atoms with E-state index >= 15 is 0 Å². The van der Waals surface area contributed by atoms with Gasteiger partial charge in [0.1, 0.15) is 11.1 Å². The Bertz CT molecular complexity index is 1480. The first-order valence-electron chi connectivity index (χ1n) is 11.3. The first-order valence-corrected chi connectivity index (χ1v) is 12.2. The van der Waals surface area contributed by atoms with Crippen molar-refractivity contribution in [1.82, 2.24) is 4.98 Å². The van der Waals surface area contributed by atoms with E-state index in [4.69, 9.17) is 5.11 Å². The Morgan fingerprint density at radius 1 is 0.737 bits per heavy atom. The molecule has 9 nitrogen and oxygen atoms in total. The monoisotopic (exact) mass is 527 g/mol. The molecule has 0 saturated carbocycles. The maximum atomic E-state index is 13.1. The number of thioether (sulfide) groups is 1. The summed E-state index contributed by atoms with van der Waals surface area (Å²) in [5.41, 5.74) is 0.373. The van der Waals surface area contributed by atoms with Crippen molar-refractivity contribution in [3.05, 3.63) is 119 Å². The van der Waals surface area contributed by atoms with Crippen LogP contribution in [0.3, 0.4) is 0 Å². The lowest BCUT2D eigenvalue weighted by Crippen LogP contribution is -2.19. The van der Waals surface area contributed by atoms with Crippen LogP contribution in [-0.4, -0.2) is 39.0 Å². The fourth-order valence-corrected chi connectivity index (χ4v) is 4.56. The predicted molar refractivity (Wildman–Crippen MR) is 143 cm³/mol. The van der Waals surface area contributed by atoms with Gasteiger partial charge in [-0.15, -0.1) is 11.8 Å². The minimum absolute atomic E-state index is 0.170. The van der Waals surface area contributed by atoms with Crippen molar-refractivity contribution in [1.29, 1.82) is 0 Å². The van der Waals surface area contributed by atoms with Gasteiger partial charge in [0, 0.05) is 16.8 Å². The van der Waals surface area contributed by atoms with E-state index in [0.29, 0.717) is 11.5 Å².